The lowest BCUT2D eigenvalue weighted by Gasteiger charge is -2.37. The van der Waals surface area contributed by atoms with Gasteiger partial charge in [0.25, 0.3) is 0 Å². The Morgan fingerprint density at radius 2 is 2.26 bits per heavy atom. The van der Waals surface area contributed by atoms with E-state index in [4.69, 9.17) is 4.74 Å². The van der Waals surface area contributed by atoms with Gasteiger partial charge in [-0.1, -0.05) is 0 Å². The first kappa shape index (κ1) is 14.1. The molecule has 5 nitrogen and oxygen atoms in total. The molecule has 2 rings (SSSR count). The van der Waals surface area contributed by atoms with Crippen molar-refractivity contribution in [3.63, 3.8) is 0 Å². The Kier molecular flexibility index (Phi) is 4.63. The first-order valence-electron chi connectivity index (χ1n) is 6.64. The Bertz CT molecular complexity index is 423. The number of nitrogens with one attached hydrogen (secondary N) is 1. The van der Waals surface area contributed by atoms with Gasteiger partial charge in [0.05, 0.1) is 12.7 Å². The molecule has 3 N–H and O–H groups in total. The highest BCUT2D eigenvalue weighted by molar-refractivity contribution is 5.40. The van der Waals surface area contributed by atoms with Crippen molar-refractivity contribution in [3.05, 3.63) is 23.8 Å². The second kappa shape index (κ2) is 6.23. The van der Waals surface area contributed by atoms with Gasteiger partial charge in [0.2, 0.25) is 0 Å². The number of nitrogens with zero attached hydrogens (tertiary/aromatic N) is 1. The maximum atomic E-state index is 9.92. The van der Waals surface area contributed by atoms with Crippen molar-refractivity contribution in [3.8, 4) is 11.5 Å². The van der Waals surface area contributed by atoms with Gasteiger partial charge in [0.15, 0.2) is 0 Å². The van der Waals surface area contributed by atoms with Crippen LogP contribution in [0, 0.1) is 0 Å². The quantitative estimate of drug-likeness (QED) is 0.712. The van der Waals surface area contributed by atoms with Gasteiger partial charge in [-0.15, -0.1) is 0 Å². The van der Waals surface area contributed by atoms with Crippen LogP contribution < -0.4 is 5.32 Å². The average molecular weight is 266 g/mol. The van der Waals surface area contributed by atoms with Crippen molar-refractivity contribution in [2.45, 2.75) is 19.1 Å². The van der Waals surface area contributed by atoms with E-state index in [9.17, 15) is 10.2 Å². The minimum absolute atomic E-state index is 0.0513. The molecule has 0 aromatic heterocycles. The molecule has 2 atom stereocenters. The van der Waals surface area contributed by atoms with Crippen molar-refractivity contribution in [2.24, 2.45) is 0 Å². The molecule has 0 aliphatic carbocycles. The number of likely N-dealkylation sites (N-methyl/N-ethyl adjacent to an activating group) is 1. The molecule has 2 unspecified atom stereocenters. The first-order chi connectivity index (χ1) is 9.11. The molecule has 0 amide bonds. The number of morpholine rings is 1. The van der Waals surface area contributed by atoms with Crippen molar-refractivity contribution in [1.82, 2.24) is 10.2 Å². The second-order valence-electron chi connectivity index (χ2n) is 4.96. The minimum Gasteiger partial charge on any atom is -0.508 e. The molecule has 1 heterocycles. The topological polar surface area (TPSA) is 65.0 Å². The first-order valence-corrected chi connectivity index (χ1v) is 6.64. The fraction of sp³-hybridized carbons (Fsp3) is 0.571. The summed E-state index contributed by atoms with van der Waals surface area (Å²) in [5.41, 5.74) is 0.755. The van der Waals surface area contributed by atoms with E-state index < -0.39 is 0 Å². The van der Waals surface area contributed by atoms with E-state index >= 15 is 0 Å². The van der Waals surface area contributed by atoms with Crippen LogP contribution in [-0.4, -0.2) is 54.5 Å². The van der Waals surface area contributed by atoms with E-state index in [1.807, 2.05) is 14.0 Å². The third kappa shape index (κ3) is 3.37. The Hall–Kier alpha value is -1.30. The van der Waals surface area contributed by atoms with Crippen molar-refractivity contribution < 1.29 is 14.9 Å². The zero-order valence-electron chi connectivity index (χ0n) is 11.5. The van der Waals surface area contributed by atoms with E-state index in [1.165, 1.54) is 12.1 Å². The molecule has 5 heteroatoms. The van der Waals surface area contributed by atoms with Crippen molar-refractivity contribution in [1.29, 1.82) is 0 Å². The van der Waals surface area contributed by atoms with Crippen LogP contribution in [0.2, 0.25) is 0 Å². The Morgan fingerprint density at radius 1 is 1.47 bits per heavy atom. The van der Waals surface area contributed by atoms with Gasteiger partial charge in [-0.3, -0.25) is 4.90 Å². The molecule has 1 aliphatic heterocycles. The maximum absolute atomic E-state index is 9.92. The molecular weight excluding hydrogens is 244 g/mol. The fourth-order valence-corrected chi connectivity index (χ4v) is 2.52. The summed E-state index contributed by atoms with van der Waals surface area (Å²) in [6.07, 6.45) is 0.167. The van der Waals surface area contributed by atoms with Crippen LogP contribution in [0.25, 0.3) is 0 Å². The summed E-state index contributed by atoms with van der Waals surface area (Å²) in [7, 11) is 1.91. The molecule has 1 aromatic carbocycles. The third-order valence-corrected chi connectivity index (χ3v) is 3.61. The van der Waals surface area contributed by atoms with Crippen LogP contribution in [-0.2, 0) is 4.74 Å². The molecular formula is C14H22N2O3. The van der Waals surface area contributed by atoms with Gasteiger partial charge in [-0.05, 0) is 32.2 Å². The predicted molar refractivity (Wildman–Crippen MR) is 73.4 cm³/mol. The van der Waals surface area contributed by atoms with Crippen LogP contribution >= 0.6 is 0 Å². The fourth-order valence-electron chi connectivity index (χ4n) is 2.52. The number of ether oxygens (including phenoxy) is 1. The number of rotatable bonds is 4. The molecule has 0 bridgehead atoms. The van der Waals surface area contributed by atoms with Gasteiger partial charge in [-0.25, -0.2) is 0 Å². The van der Waals surface area contributed by atoms with Crippen LogP contribution in [0.15, 0.2) is 18.2 Å². The van der Waals surface area contributed by atoms with E-state index in [2.05, 4.69) is 10.2 Å². The monoisotopic (exact) mass is 266 g/mol. The Morgan fingerprint density at radius 3 is 3.00 bits per heavy atom. The summed E-state index contributed by atoms with van der Waals surface area (Å²) in [5.74, 6) is 0.404. The van der Waals surface area contributed by atoms with Gasteiger partial charge in [-0.2, -0.15) is 0 Å². The van der Waals surface area contributed by atoms with E-state index in [0.717, 1.165) is 25.2 Å². The Balaban J connectivity index is 2.10. The lowest BCUT2D eigenvalue weighted by atomic mass is 10.0. The summed E-state index contributed by atoms with van der Waals surface area (Å²) in [4.78, 5) is 2.26. The highest BCUT2D eigenvalue weighted by Crippen LogP contribution is 2.32. The van der Waals surface area contributed by atoms with Crippen LogP contribution in [0.5, 0.6) is 11.5 Å². The lowest BCUT2D eigenvalue weighted by molar-refractivity contribution is -0.0395. The van der Waals surface area contributed by atoms with Gasteiger partial charge >= 0.3 is 0 Å². The largest absolute Gasteiger partial charge is 0.508 e. The molecule has 1 fully saturated rings. The van der Waals surface area contributed by atoms with Crippen LogP contribution in [0.4, 0.5) is 0 Å². The highest BCUT2D eigenvalue weighted by atomic mass is 16.5. The zero-order valence-corrected chi connectivity index (χ0v) is 11.5. The number of benzene rings is 1. The average Bonchev–Trinajstić information content (AvgIpc) is 2.41. The Labute approximate surface area is 113 Å². The standard InChI is InChI=1S/C14H22N2O3/c1-10(13-7-11(17)3-4-14(13)18)16-5-6-19-12(9-16)8-15-2/h3-4,7,10,12,15,17-18H,5-6,8-9H2,1-2H3. The van der Waals surface area contributed by atoms with Crippen LogP contribution in [0.1, 0.15) is 18.5 Å². The second-order valence-corrected chi connectivity index (χ2v) is 4.96. The van der Waals surface area contributed by atoms with E-state index in [-0.39, 0.29) is 23.6 Å². The van der Waals surface area contributed by atoms with Crippen molar-refractivity contribution >= 4 is 0 Å². The molecule has 1 aliphatic rings. The van der Waals surface area contributed by atoms with Crippen molar-refractivity contribution in [2.75, 3.05) is 33.3 Å². The summed E-state index contributed by atoms with van der Waals surface area (Å²) >= 11 is 0. The van der Waals surface area contributed by atoms with Crippen LogP contribution in [0.3, 0.4) is 0 Å². The number of hydrogen-bond donors (Lipinski definition) is 3. The summed E-state index contributed by atoms with van der Waals surface area (Å²) in [6.45, 7) is 5.19. The van der Waals surface area contributed by atoms with E-state index in [1.54, 1.807) is 6.07 Å². The molecule has 0 radical (unpaired) electrons. The van der Waals surface area contributed by atoms with Gasteiger partial charge < -0.3 is 20.3 Å². The third-order valence-electron chi connectivity index (χ3n) is 3.61. The van der Waals surface area contributed by atoms with E-state index in [0.29, 0.717) is 6.61 Å². The maximum Gasteiger partial charge on any atom is 0.120 e. The molecule has 106 valence electrons. The number of phenols is 2. The smallest absolute Gasteiger partial charge is 0.120 e. The number of aromatic hydroxyl groups is 2. The number of hydrogen-bond acceptors (Lipinski definition) is 5. The SMILES string of the molecule is CNCC1CN(C(C)c2cc(O)ccc2O)CCO1. The normalized spacial score (nSPS) is 22.3. The highest BCUT2D eigenvalue weighted by Gasteiger charge is 2.26. The summed E-state index contributed by atoms with van der Waals surface area (Å²) in [6, 6.07) is 4.71. The minimum atomic E-state index is 0.0513. The molecule has 0 saturated carbocycles. The zero-order chi connectivity index (χ0) is 13.8. The summed E-state index contributed by atoms with van der Waals surface area (Å²) in [5, 5.41) is 22.6. The predicted octanol–water partition coefficient (Wildman–Crippen LogP) is 1.08. The summed E-state index contributed by atoms with van der Waals surface area (Å²) < 4.78 is 5.67. The molecule has 0 spiro atoms. The lowest BCUT2D eigenvalue weighted by Crippen LogP contribution is -2.46. The number of phenolic OH excluding ortho intramolecular Hbond substituents is 2. The van der Waals surface area contributed by atoms with Gasteiger partial charge in [0.1, 0.15) is 11.5 Å². The van der Waals surface area contributed by atoms with Gasteiger partial charge in [0, 0.05) is 31.2 Å². The molecule has 1 aromatic rings. The molecule has 19 heavy (non-hydrogen) atoms. The molecule has 1 saturated heterocycles.